The molecule has 6 rings (SSSR count). The maximum absolute atomic E-state index is 10.6. The number of benzene rings is 2. The second-order valence-corrected chi connectivity index (χ2v) is 10.1. The molecule has 0 spiro atoms. The van der Waals surface area contributed by atoms with Gasteiger partial charge in [0.25, 0.3) is 0 Å². The molecule has 1 saturated heterocycles. The van der Waals surface area contributed by atoms with Crippen LogP contribution in [0, 0.1) is 0 Å². The van der Waals surface area contributed by atoms with E-state index in [0.717, 1.165) is 53.5 Å². The number of anilines is 1. The van der Waals surface area contributed by atoms with Gasteiger partial charge < -0.3 is 19.3 Å². The molecule has 0 radical (unpaired) electrons. The summed E-state index contributed by atoms with van der Waals surface area (Å²) in [6, 6.07) is 18.1. The molecule has 5 aromatic rings. The second kappa shape index (κ2) is 9.34. The van der Waals surface area contributed by atoms with Crippen molar-refractivity contribution in [2.24, 2.45) is 0 Å². The third-order valence-corrected chi connectivity index (χ3v) is 7.85. The van der Waals surface area contributed by atoms with Gasteiger partial charge in [0.1, 0.15) is 34.7 Å². The Kier molecular flexibility index (Phi) is 5.92. The molecule has 34 heavy (non-hydrogen) atoms. The van der Waals surface area contributed by atoms with Gasteiger partial charge in [-0.05, 0) is 47.2 Å². The van der Waals surface area contributed by atoms with Crippen LogP contribution in [-0.2, 0) is 0 Å². The van der Waals surface area contributed by atoms with Gasteiger partial charge in [0.2, 0.25) is 0 Å². The molecular formula is C25H24N4O3S2. The van der Waals surface area contributed by atoms with E-state index in [1.807, 2.05) is 35.7 Å². The number of aliphatic hydroxyl groups is 1. The van der Waals surface area contributed by atoms with Crippen LogP contribution in [0.2, 0.25) is 0 Å². The molecule has 174 valence electrons. The Hall–Kier alpha value is -2.98. The van der Waals surface area contributed by atoms with Crippen molar-refractivity contribution in [3.63, 3.8) is 0 Å². The molecule has 1 N–H and O–H groups in total. The Morgan fingerprint density at radius 2 is 1.94 bits per heavy atom. The van der Waals surface area contributed by atoms with E-state index in [-0.39, 0.29) is 6.61 Å². The van der Waals surface area contributed by atoms with Crippen LogP contribution in [0.25, 0.3) is 31.6 Å². The predicted molar refractivity (Wildman–Crippen MR) is 137 cm³/mol. The number of aliphatic hydroxyl groups excluding tert-OH is 1. The summed E-state index contributed by atoms with van der Waals surface area (Å²) >= 11 is 3.16. The van der Waals surface area contributed by atoms with E-state index < -0.39 is 6.10 Å². The normalized spacial score (nSPS) is 15.9. The van der Waals surface area contributed by atoms with Crippen molar-refractivity contribution < 1.29 is 14.4 Å². The summed E-state index contributed by atoms with van der Waals surface area (Å²) < 4.78 is 18.2. The monoisotopic (exact) mass is 492 g/mol. The maximum Gasteiger partial charge on any atom is 0.178 e. The van der Waals surface area contributed by atoms with E-state index >= 15 is 0 Å². The zero-order chi connectivity index (χ0) is 22.9. The first-order valence-electron chi connectivity index (χ1n) is 11.3. The number of piperazine rings is 1. The Morgan fingerprint density at radius 3 is 2.85 bits per heavy atom. The predicted octanol–water partition coefficient (Wildman–Crippen LogP) is 4.73. The van der Waals surface area contributed by atoms with E-state index in [1.165, 1.54) is 10.1 Å². The van der Waals surface area contributed by atoms with Crippen LogP contribution in [0.5, 0.6) is 5.75 Å². The largest absolute Gasteiger partial charge is 0.491 e. The van der Waals surface area contributed by atoms with Gasteiger partial charge >= 0.3 is 0 Å². The molecule has 7 nitrogen and oxygen atoms in total. The summed E-state index contributed by atoms with van der Waals surface area (Å²) in [5.41, 5.74) is 2.56. The van der Waals surface area contributed by atoms with Crippen LogP contribution in [0.15, 0.2) is 64.5 Å². The Balaban J connectivity index is 1.02. The number of hydrogen-bond donors (Lipinski definition) is 1. The van der Waals surface area contributed by atoms with Crippen LogP contribution < -0.4 is 9.64 Å². The Labute approximate surface area is 204 Å². The minimum atomic E-state index is -0.564. The van der Waals surface area contributed by atoms with Crippen molar-refractivity contribution in [1.82, 2.24) is 14.4 Å². The summed E-state index contributed by atoms with van der Waals surface area (Å²) in [7, 11) is 0. The molecule has 3 aromatic heterocycles. The Morgan fingerprint density at radius 1 is 1.06 bits per heavy atom. The molecule has 4 heterocycles. The number of nitrogens with zero attached hydrogens (tertiary/aromatic N) is 4. The molecule has 1 fully saturated rings. The maximum atomic E-state index is 10.6. The fraction of sp³-hybridized carbons (Fsp3) is 0.280. The molecule has 0 saturated carbocycles. The number of hydrogen-bond acceptors (Lipinski definition) is 9. The lowest BCUT2D eigenvalue weighted by Crippen LogP contribution is -2.49. The zero-order valence-corrected chi connectivity index (χ0v) is 20.1. The molecule has 0 amide bonds. The molecule has 0 aliphatic carbocycles. The van der Waals surface area contributed by atoms with Crippen molar-refractivity contribution in [3.8, 4) is 17.0 Å². The summed E-state index contributed by atoms with van der Waals surface area (Å²) in [6.45, 7) is 4.41. The van der Waals surface area contributed by atoms with Crippen molar-refractivity contribution >= 4 is 49.1 Å². The van der Waals surface area contributed by atoms with Crippen LogP contribution in [0.3, 0.4) is 0 Å². The van der Waals surface area contributed by atoms with Gasteiger partial charge in [-0.1, -0.05) is 29.4 Å². The molecular weight excluding hydrogens is 468 g/mol. The van der Waals surface area contributed by atoms with Crippen molar-refractivity contribution in [3.05, 3.63) is 60.0 Å². The average Bonchev–Trinajstić information content (AvgIpc) is 3.59. The van der Waals surface area contributed by atoms with Gasteiger partial charge in [-0.3, -0.25) is 4.90 Å². The van der Waals surface area contributed by atoms with E-state index in [1.54, 1.807) is 22.9 Å². The quantitative estimate of drug-likeness (QED) is 0.352. The highest BCUT2D eigenvalue weighted by molar-refractivity contribution is 7.17. The van der Waals surface area contributed by atoms with Gasteiger partial charge in [-0.15, -0.1) is 11.3 Å². The number of fused-ring (bicyclic) bond motifs is 2. The standard InChI is InChI=1S/C25H24N4O3S2/c30-18(15-28-9-11-29(12-10-28)25-20-6-1-2-7-22(20)34-27-25)16-31-19-5-3-4-17(14-19)23-24-21(32-26-23)8-13-33-24/h1-8,13-14,18,30H,9-12,15-16H2/t18-/m1/s1. The first kappa shape index (κ1) is 21.5. The van der Waals surface area contributed by atoms with Crippen LogP contribution in [-0.4, -0.2) is 65.0 Å². The lowest BCUT2D eigenvalue weighted by molar-refractivity contribution is 0.0663. The number of β-amino-alcohol motifs (C(OH)–C–C–N with tert-alkyl or cyclic N) is 1. The van der Waals surface area contributed by atoms with Crippen molar-refractivity contribution in [2.75, 3.05) is 44.2 Å². The van der Waals surface area contributed by atoms with E-state index in [4.69, 9.17) is 9.26 Å². The minimum absolute atomic E-state index is 0.244. The van der Waals surface area contributed by atoms with Crippen LogP contribution in [0.1, 0.15) is 0 Å². The average molecular weight is 493 g/mol. The SMILES string of the molecule is O[C@@H](COc1cccc(-c2noc3ccsc23)c1)CN1CCN(c2nsc3ccccc23)CC1. The highest BCUT2D eigenvalue weighted by atomic mass is 32.1. The summed E-state index contributed by atoms with van der Waals surface area (Å²) in [5.74, 6) is 1.79. The first-order chi connectivity index (χ1) is 16.7. The third-order valence-electron chi connectivity index (χ3n) is 6.13. The van der Waals surface area contributed by atoms with Gasteiger partial charge in [-0.2, -0.15) is 4.37 Å². The number of rotatable bonds is 7. The Bertz CT molecular complexity index is 1400. The molecule has 1 aliphatic rings. The topological polar surface area (TPSA) is 74.9 Å². The molecule has 2 aromatic carbocycles. The number of thiophene rings is 1. The highest BCUT2D eigenvalue weighted by Gasteiger charge is 2.22. The first-order valence-corrected chi connectivity index (χ1v) is 13.0. The molecule has 9 heteroatoms. The minimum Gasteiger partial charge on any atom is -0.491 e. The number of ether oxygens (including phenoxy) is 1. The molecule has 0 unspecified atom stereocenters. The lowest BCUT2D eigenvalue weighted by Gasteiger charge is -2.35. The lowest BCUT2D eigenvalue weighted by atomic mass is 10.1. The molecule has 1 aliphatic heterocycles. The van der Waals surface area contributed by atoms with Gasteiger partial charge in [0.05, 0.1) is 4.70 Å². The van der Waals surface area contributed by atoms with Crippen molar-refractivity contribution in [1.29, 1.82) is 0 Å². The summed E-state index contributed by atoms with van der Waals surface area (Å²) in [5, 5.41) is 18.0. The fourth-order valence-corrected chi connectivity index (χ4v) is 5.99. The smallest absolute Gasteiger partial charge is 0.178 e. The van der Waals surface area contributed by atoms with Crippen LogP contribution >= 0.6 is 22.9 Å². The third kappa shape index (κ3) is 4.27. The fourth-order valence-electron chi connectivity index (χ4n) is 4.38. The van der Waals surface area contributed by atoms with E-state index in [2.05, 4.69) is 43.6 Å². The van der Waals surface area contributed by atoms with Crippen molar-refractivity contribution in [2.45, 2.75) is 6.10 Å². The summed E-state index contributed by atoms with van der Waals surface area (Å²) in [4.78, 5) is 4.64. The summed E-state index contributed by atoms with van der Waals surface area (Å²) in [6.07, 6.45) is -0.564. The number of aromatic nitrogens is 2. The van der Waals surface area contributed by atoms with Crippen LogP contribution in [0.4, 0.5) is 5.82 Å². The second-order valence-electron chi connectivity index (χ2n) is 8.43. The molecule has 0 bridgehead atoms. The van der Waals surface area contributed by atoms with Gasteiger partial charge in [0.15, 0.2) is 5.58 Å². The van der Waals surface area contributed by atoms with Gasteiger partial charge in [0, 0.05) is 43.7 Å². The van der Waals surface area contributed by atoms with Gasteiger partial charge in [-0.25, -0.2) is 0 Å². The van der Waals surface area contributed by atoms with E-state index in [0.29, 0.717) is 12.3 Å². The zero-order valence-electron chi connectivity index (χ0n) is 18.5. The highest BCUT2D eigenvalue weighted by Crippen LogP contribution is 2.33. The van der Waals surface area contributed by atoms with E-state index in [9.17, 15) is 5.11 Å². The molecule has 1 atom stereocenters.